The molecule has 0 amide bonds. The highest BCUT2D eigenvalue weighted by Gasteiger charge is 2.26. The van der Waals surface area contributed by atoms with Gasteiger partial charge in [0.2, 0.25) is 5.75 Å². The second-order valence-corrected chi connectivity index (χ2v) is 25.0. The van der Waals surface area contributed by atoms with Crippen LogP contribution in [0.15, 0.2) is 12.1 Å². The standard InChI is InChI=1S/C62H116O27Si/c1-63-11-17-69-23-29-75-35-41-81-50-57(51-82-42-36-76-30-24-70-18-12-64-2)87-60-48-56(10-47-90(7,8)9)49-61(88-58(52-83-43-37-77-31-25-71-19-13-65-3)53-84-44-38-78-32-26-72-20-14-66-4)62(60)89-59(54-85-45-39-79-33-27-73-21-15-67-5)55-86-46-40-80-34-28-74-22-16-68-6/h48-49,57-59H,11-46,50-55H2,1-9H3. The highest BCUT2D eigenvalue weighted by Crippen LogP contribution is 2.41. The van der Waals surface area contributed by atoms with E-state index >= 15 is 0 Å². The molecule has 0 saturated heterocycles. The molecule has 0 atom stereocenters. The molecule has 0 aliphatic carbocycles. The topological polar surface area (TPSA) is 249 Å². The van der Waals surface area contributed by atoms with Crippen LogP contribution in [0.25, 0.3) is 0 Å². The van der Waals surface area contributed by atoms with Gasteiger partial charge in [0.15, 0.2) is 11.5 Å². The van der Waals surface area contributed by atoms with Gasteiger partial charge in [0.1, 0.15) is 26.4 Å². The minimum Gasteiger partial charge on any atom is -0.482 e. The van der Waals surface area contributed by atoms with Crippen LogP contribution in [0.4, 0.5) is 0 Å². The van der Waals surface area contributed by atoms with E-state index in [2.05, 4.69) is 31.1 Å². The largest absolute Gasteiger partial charge is 0.482 e. The quantitative estimate of drug-likeness (QED) is 0.0515. The van der Waals surface area contributed by atoms with Gasteiger partial charge in [-0.05, 0) is 12.1 Å². The van der Waals surface area contributed by atoms with Crippen molar-refractivity contribution < 1.29 is 128 Å². The summed E-state index contributed by atoms with van der Waals surface area (Å²) in [5, 5.41) is 0. The number of ether oxygens (including phenoxy) is 27. The Balaban J connectivity index is 3.84. The van der Waals surface area contributed by atoms with Gasteiger partial charge >= 0.3 is 0 Å². The molecule has 1 rings (SSSR count). The Hall–Kier alpha value is -2.56. The van der Waals surface area contributed by atoms with Crippen LogP contribution in [0.3, 0.4) is 0 Å². The molecule has 0 unspecified atom stereocenters. The Bertz CT molecular complexity index is 1570. The molecule has 90 heavy (non-hydrogen) atoms. The fourth-order valence-corrected chi connectivity index (χ4v) is 7.37. The Morgan fingerprint density at radius 1 is 0.256 bits per heavy atom. The summed E-state index contributed by atoms with van der Waals surface area (Å²) >= 11 is 0. The van der Waals surface area contributed by atoms with Crippen LogP contribution in [-0.2, 0) is 114 Å². The maximum Gasteiger partial charge on any atom is 0.204 e. The highest BCUT2D eigenvalue weighted by molar-refractivity contribution is 6.83. The maximum absolute atomic E-state index is 7.06. The Kier molecular flexibility index (Phi) is 63.1. The van der Waals surface area contributed by atoms with Gasteiger partial charge in [0.25, 0.3) is 0 Å². The van der Waals surface area contributed by atoms with Crippen LogP contribution in [-0.4, -0.2) is 347 Å². The predicted molar refractivity (Wildman–Crippen MR) is 336 cm³/mol. The van der Waals surface area contributed by atoms with E-state index in [0.717, 1.165) is 0 Å². The lowest BCUT2D eigenvalue weighted by molar-refractivity contribution is -0.0508. The van der Waals surface area contributed by atoms with Crippen molar-refractivity contribution in [1.82, 2.24) is 0 Å². The Morgan fingerprint density at radius 3 is 0.622 bits per heavy atom. The van der Waals surface area contributed by atoms with E-state index in [1.165, 1.54) is 0 Å². The number of hydrogen-bond donors (Lipinski definition) is 0. The monoisotopic (exact) mass is 1320 g/mol. The van der Waals surface area contributed by atoms with Crippen molar-refractivity contribution in [3.63, 3.8) is 0 Å². The lowest BCUT2D eigenvalue weighted by Crippen LogP contribution is -2.33. The van der Waals surface area contributed by atoms with Crippen molar-refractivity contribution in [3.05, 3.63) is 17.7 Å². The van der Waals surface area contributed by atoms with Gasteiger partial charge in [-0.25, -0.2) is 0 Å². The van der Waals surface area contributed by atoms with Crippen molar-refractivity contribution in [2.75, 3.05) is 320 Å². The molecule has 0 bridgehead atoms. The Morgan fingerprint density at radius 2 is 0.433 bits per heavy atom. The predicted octanol–water partition coefficient (Wildman–Crippen LogP) is 3.33. The minimum absolute atomic E-state index is 0.0763. The smallest absolute Gasteiger partial charge is 0.204 e. The van der Waals surface area contributed by atoms with Crippen molar-refractivity contribution >= 4 is 8.07 Å². The van der Waals surface area contributed by atoms with Crippen molar-refractivity contribution in [2.45, 2.75) is 38.0 Å². The summed E-state index contributed by atoms with van der Waals surface area (Å²) in [5.41, 5.74) is 4.11. The van der Waals surface area contributed by atoms with E-state index in [9.17, 15) is 0 Å². The lowest BCUT2D eigenvalue weighted by Gasteiger charge is -2.27. The summed E-state index contributed by atoms with van der Waals surface area (Å²) in [7, 11) is 7.83. The molecule has 0 N–H and O–H groups in total. The second-order valence-electron chi connectivity index (χ2n) is 20.3. The summed E-state index contributed by atoms with van der Waals surface area (Å²) in [6, 6.07) is 3.67. The van der Waals surface area contributed by atoms with E-state index < -0.39 is 26.4 Å². The third kappa shape index (κ3) is 56.9. The molecule has 28 heteroatoms. The van der Waals surface area contributed by atoms with Crippen LogP contribution in [0.2, 0.25) is 19.6 Å². The first-order valence-corrected chi connectivity index (χ1v) is 34.7. The van der Waals surface area contributed by atoms with Crippen molar-refractivity contribution in [2.24, 2.45) is 0 Å². The third-order valence-electron chi connectivity index (χ3n) is 11.4. The summed E-state index contributed by atoms with van der Waals surface area (Å²) in [5.74, 6) is 4.23. The fourth-order valence-electron chi connectivity index (χ4n) is 6.86. The normalized spacial score (nSPS) is 11.9. The first kappa shape index (κ1) is 85.4. The van der Waals surface area contributed by atoms with E-state index in [4.69, 9.17) is 128 Å². The molecular formula is C62H116O27Si. The zero-order valence-corrected chi connectivity index (χ0v) is 57.1. The number of benzene rings is 1. The first-order chi connectivity index (χ1) is 44.2. The van der Waals surface area contributed by atoms with Crippen LogP contribution in [0.1, 0.15) is 5.56 Å². The van der Waals surface area contributed by atoms with Crippen molar-refractivity contribution in [3.8, 4) is 28.7 Å². The van der Waals surface area contributed by atoms with Gasteiger partial charge in [-0.2, -0.15) is 0 Å². The molecule has 0 radical (unpaired) electrons. The number of hydrogen-bond acceptors (Lipinski definition) is 27. The summed E-state index contributed by atoms with van der Waals surface area (Å²) < 4.78 is 157. The van der Waals surface area contributed by atoms with E-state index in [0.29, 0.717) is 215 Å². The fraction of sp³-hybridized carbons (Fsp3) is 0.871. The van der Waals surface area contributed by atoms with E-state index in [1.807, 2.05) is 12.1 Å². The van der Waals surface area contributed by atoms with Gasteiger partial charge in [-0.15, -0.1) is 5.54 Å². The lowest BCUT2D eigenvalue weighted by atomic mass is 10.1. The average molecular weight is 1320 g/mol. The van der Waals surface area contributed by atoms with Gasteiger partial charge in [0.05, 0.1) is 277 Å². The molecule has 0 aromatic heterocycles. The number of rotatable bonds is 72. The van der Waals surface area contributed by atoms with E-state index in [1.54, 1.807) is 42.7 Å². The molecule has 0 aliphatic rings. The van der Waals surface area contributed by atoms with Crippen LogP contribution >= 0.6 is 0 Å². The van der Waals surface area contributed by atoms with Gasteiger partial charge in [0, 0.05) is 48.2 Å². The third-order valence-corrected chi connectivity index (χ3v) is 12.2. The molecule has 0 aliphatic heterocycles. The molecule has 1 aromatic carbocycles. The Labute approximate surface area is 538 Å². The molecule has 1 aromatic rings. The minimum atomic E-state index is -1.94. The molecule has 0 saturated carbocycles. The average Bonchev–Trinajstić information content (AvgIpc) is 1.33. The highest BCUT2D eigenvalue weighted by atomic mass is 28.3. The molecular weight excluding hydrogens is 1200 g/mol. The second kappa shape index (κ2) is 66.5. The molecule has 0 heterocycles. The van der Waals surface area contributed by atoms with E-state index in [-0.39, 0.29) is 85.0 Å². The molecule has 27 nitrogen and oxygen atoms in total. The summed E-state index contributed by atoms with van der Waals surface area (Å²) in [6.07, 6.45) is -2.14. The van der Waals surface area contributed by atoms with Gasteiger partial charge < -0.3 is 128 Å². The number of methoxy groups -OCH3 is 6. The summed E-state index contributed by atoms with van der Waals surface area (Å²) in [6.45, 7) is 21.1. The molecule has 0 fully saturated rings. The summed E-state index contributed by atoms with van der Waals surface area (Å²) in [4.78, 5) is 0. The SMILES string of the molecule is COCCOCCOCCOCC(COCCOCCOCCOC)Oc1cc(C#C[Si](C)(C)C)cc(OC(COCCOCCOCCOC)COCCOCCOCCOC)c1OC(COCCOCCOCCOC)COCCOCCOCCOC. The first-order valence-electron chi connectivity index (χ1n) is 31.2. The molecule has 530 valence electrons. The van der Waals surface area contributed by atoms with Crippen LogP contribution in [0, 0.1) is 11.5 Å². The van der Waals surface area contributed by atoms with Crippen molar-refractivity contribution in [1.29, 1.82) is 0 Å². The molecule has 0 spiro atoms. The van der Waals surface area contributed by atoms with Crippen LogP contribution in [0.5, 0.6) is 17.2 Å². The van der Waals surface area contributed by atoms with Gasteiger partial charge in [-0.3, -0.25) is 0 Å². The maximum atomic E-state index is 7.06. The van der Waals surface area contributed by atoms with Crippen LogP contribution < -0.4 is 14.2 Å². The van der Waals surface area contributed by atoms with Gasteiger partial charge in [-0.1, -0.05) is 25.6 Å². The zero-order chi connectivity index (χ0) is 65.2. The zero-order valence-electron chi connectivity index (χ0n) is 56.1.